The number of benzene rings is 1. The number of pyridine rings is 1. The maximum absolute atomic E-state index is 13.8. The Morgan fingerprint density at radius 3 is 2.88 bits per heavy atom. The summed E-state index contributed by atoms with van der Waals surface area (Å²) in [6, 6.07) is 8.96. The molecule has 2 N–H and O–H groups in total. The summed E-state index contributed by atoms with van der Waals surface area (Å²) in [5.41, 5.74) is 4.95. The van der Waals surface area contributed by atoms with E-state index >= 15 is 0 Å². The molecule has 1 aromatic heterocycles. The van der Waals surface area contributed by atoms with Crippen LogP contribution in [0.1, 0.15) is 12.0 Å². The molecule has 7 heteroatoms. The van der Waals surface area contributed by atoms with Crippen molar-refractivity contribution < 1.29 is 4.39 Å². The SMILES string of the molecule is Fc1cccc(-c2cnccc2C2=NC3CN=CC(C4CC4C4CNCCN4)=C3C=N2)c1. The summed E-state index contributed by atoms with van der Waals surface area (Å²) in [5.74, 6) is 1.56. The van der Waals surface area contributed by atoms with E-state index in [1.807, 2.05) is 24.6 Å². The van der Waals surface area contributed by atoms with Gasteiger partial charge >= 0.3 is 0 Å². The highest BCUT2D eigenvalue weighted by molar-refractivity contribution is 6.12. The molecule has 2 fully saturated rings. The monoisotopic (exact) mass is 428 g/mol. The minimum atomic E-state index is -0.274. The van der Waals surface area contributed by atoms with Crippen LogP contribution < -0.4 is 10.6 Å². The first-order chi connectivity index (χ1) is 15.8. The maximum atomic E-state index is 13.8. The Balaban J connectivity index is 1.29. The number of aliphatic imine (C=N–C) groups is 3. The molecule has 0 amide bonds. The normalized spacial score (nSPS) is 29.0. The van der Waals surface area contributed by atoms with Crippen molar-refractivity contribution in [3.63, 3.8) is 0 Å². The molecule has 0 spiro atoms. The van der Waals surface area contributed by atoms with Crippen LogP contribution in [0.3, 0.4) is 0 Å². The van der Waals surface area contributed by atoms with E-state index in [4.69, 9.17) is 9.98 Å². The Morgan fingerprint density at radius 1 is 1.03 bits per heavy atom. The van der Waals surface area contributed by atoms with Gasteiger partial charge in [0.2, 0.25) is 0 Å². The van der Waals surface area contributed by atoms with Gasteiger partial charge in [-0.3, -0.25) is 15.0 Å². The molecule has 0 bridgehead atoms. The molecule has 1 aliphatic carbocycles. The fraction of sp³-hybridized carbons (Fsp3) is 0.360. The molecular formula is C25H25FN6. The smallest absolute Gasteiger partial charge is 0.155 e. The van der Waals surface area contributed by atoms with Crippen LogP contribution in [0.15, 0.2) is 68.8 Å². The van der Waals surface area contributed by atoms with Crippen LogP contribution in [0, 0.1) is 17.7 Å². The third-order valence-corrected chi connectivity index (χ3v) is 6.83. The van der Waals surface area contributed by atoms with Crippen LogP contribution in [0.2, 0.25) is 0 Å². The zero-order chi connectivity index (χ0) is 21.5. The average Bonchev–Trinajstić information content (AvgIpc) is 3.65. The molecule has 3 aliphatic heterocycles. The number of nitrogens with zero attached hydrogens (tertiary/aromatic N) is 4. The van der Waals surface area contributed by atoms with E-state index in [0.29, 0.717) is 30.3 Å². The number of piperazine rings is 1. The lowest BCUT2D eigenvalue weighted by Gasteiger charge is -2.26. The number of aromatic nitrogens is 1. The van der Waals surface area contributed by atoms with Gasteiger partial charge in [-0.05, 0) is 47.6 Å². The van der Waals surface area contributed by atoms with Crippen molar-refractivity contribution in [3.8, 4) is 11.1 Å². The maximum Gasteiger partial charge on any atom is 0.155 e. The van der Waals surface area contributed by atoms with E-state index < -0.39 is 0 Å². The Kier molecular flexibility index (Phi) is 5.00. The highest BCUT2D eigenvalue weighted by Crippen LogP contribution is 2.48. The van der Waals surface area contributed by atoms with Crippen LogP contribution in [0.4, 0.5) is 4.39 Å². The number of fused-ring (bicyclic) bond motifs is 1. The highest BCUT2D eigenvalue weighted by Gasteiger charge is 2.46. The minimum Gasteiger partial charge on any atom is -0.314 e. The van der Waals surface area contributed by atoms with Gasteiger partial charge in [0, 0.05) is 67.2 Å². The molecule has 4 aliphatic rings. The zero-order valence-electron chi connectivity index (χ0n) is 17.7. The van der Waals surface area contributed by atoms with Crippen molar-refractivity contribution in [1.29, 1.82) is 0 Å². The first-order valence-electron chi connectivity index (χ1n) is 11.3. The van der Waals surface area contributed by atoms with Crippen LogP contribution >= 0.6 is 0 Å². The summed E-state index contributed by atoms with van der Waals surface area (Å²) < 4.78 is 13.8. The number of dihydropyridines is 1. The first-order valence-corrected chi connectivity index (χ1v) is 11.3. The number of amidine groups is 1. The fourth-order valence-corrected chi connectivity index (χ4v) is 5.12. The second-order valence-corrected chi connectivity index (χ2v) is 8.83. The number of rotatable bonds is 4. The van der Waals surface area contributed by atoms with E-state index in [9.17, 15) is 4.39 Å². The van der Waals surface area contributed by atoms with Gasteiger partial charge in [-0.25, -0.2) is 9.38 Å². The molecule has 2 aromatic rings. The fourth-order valence-electron chi connectivity index (χ4n) is 5.12. The molecule has 4 atom stereocenters. The Hall–Kier alpha value is -3.03. The van der Waals surface area contributed by atoms with Crippen LogP contribution in [-0.4, -0.2) is 61.5 Å². The van der Waals surface area contributed by atoms with Gasteiger partial charge in [-0.1, -0.05) is 12.1 Å². The predicted octanol–water partition coefficient (Wildman–Crippen LogP) is 2.67. The lowest BCUT2D eigenvalue weighted by atomic mass is 9.93. The Labute approximate surface area is 186 Å². The van der Waals surface area contributed by atoms with Crippen LogP contribution in [0.5, 0.6) is 0 Å². The quantitative estimate of drug-likeness (QED) is 0.786. The van der Waals surface area contributed by atoms with Crippen molar-refractivity contribution in [2.24, 2.45) is 26.8 Å². The molecule has 162 valence electrons. The van der Waals surface area contributed by atoms with Gasteiger partial charge in [-0.15, -0.1) is 0 Å². The van der Waals surface area contributed by atoms with E-state index in [2.05, 4.69) is 20.6 Å². The average molecular weight is 429 g/mol. The number of nitrogens with one attached hydrogen (secondary N) is 2. The lowest BCUT2D eigenvalue weighted by molar-refractivity contribution is 0.378. The predicted molar refractivity (Wildman–Crippen MR) is 125 cm³/mol. The molecule has 6 rings (SSSR count). The van der Waals surface area contributed by atoms with Gasteiger partial charge < -0.3 is 10.6 Å². The van der Waals surface area contributed by atoms with Crippen molar-refractivity contribution >= 4 is 18.3 Å². The molecule has 1 saturated heterocycles. The number of hydrogen-bond acceptors (Lipinski definition) is 6. The molecule has 0 radical (unpaired) electrons. The van der Waals surface area contributed by atoms with E-state index in [0.717, 1.165) is 36.3 Å². The first kappa shape index (κ1) is 19.6. The molecule has 4 heterocycles. The van der Waals surface area contributed by atoms with Crippen LogP contribution in [0.25, 0.3) is 11.1 Å². The third-order valence-electron chi connectivity index (χ3n) is 6.83. The summed E-state index contributed by atoms with van der Waals surface area (Å²) >= 11 is 0. The summed E-state index contributed by atoms with van der Waals surface area (Å²) in [5, 5.41) is 7.15. The largest absolute Gasteiger partial charge is 0.314 e. The molecule has 6 nitrogen and oxygen atoms in total. The topological polar surface area (TPSA) is 74.0 Å². The second kappa shape index (κ2) is 8.15. The zero-order valence-corrected chi connectivity index (χ0v) is 17.7. The van der Waals surface area contributed by atoms with Gasteiger partial charge in [-0.2, -0.15) is 0 Å². The summed E-state index contributed by atoms with van der Waals surface area (Å²) in [6.07, 6.45) is 8.69. The molecule has 1 saturated carbocycles. The number of allylic oxidation sites excluding steroid dienone is 1. The van der Waals surface area contributed by atoms with E-state index in [1.165, 1.54) is 29.7 Å². The van der Waals surface area contributed by atoms with Crippen molar-refractivity contribution in [1.82, 2.24) is 15.6 Å². The van der Waals surface area contributed by atoms with Gasteiger partial charge in [0.1, 0.15) is 5.82 Å². The van der Waals surface area contributed by atoms with Crippen LogP contribution in [-0.2, 0) is 0 Å². The lowest BCUT2D eigenvalue weighted by Crippen LogP contribution is -2.49. The van der Waals surface area contributed by atoms with Crippen molar-refractivity contribution in [3.05, 3.63) is 65.3 Å². The highest BCUT2D eigenvalue weighted by atomic mass is 19.1. The molecule has 1 aromatic carbocycles. The van der Waals surface area contributed by atoms with Gasteiger partial charge in [0.25, 0.3) is 0 Å². The van der Waals surface area contributed by atoms with Gasteiger partial charge in [0.15, 0.2) is 5.84 Å². The minimum absolute atomic E-state index is 0.0188. The number of hydrogen-bond donors (Lipinski definition) is 2. The summed E-state index contributed by atoms with van der Waals surface area (Å²) in [4.78, 5) is 18.6. The van der Waals surface area contributed by atoms with E-state index in [-0.39, 0.29) is 11.9 Å². The van der Waals surface area contributed by atoms with Crippen molar-refractivity contribution in [2.45, 2.75) is 18.5 Å². The standard InChI is InChI=1S/C25H25FN6/c26-16-3-1-2-15(8-16)20-10-27-5-4-17(20)25-31-12-22-21(11-29-14-24(22)32-25)18-9-19(18)23-13-28-6-7-30-23/h1-5,8,10-12,18-19,23-24,28,30H,6-7,9,13-14H2. The number of halogens is 1. The Morgan fingerprint density at radius 2 is 2.00 bits per heavy atom. The van der Waals surface area contributed by atoms with E-state index in [1.54, 1.807) is 18.5 Å². The molecule has 4 unspecified atom stereocenters. The third kappa shape index (κ3) is 3.61. The van der Waals surface area contributed by atoms with Crippen molar-refractivity contribution in [2.75, 3.05) is 26.2 Å². The second-order valence-electron chi connectivity index (χ2n) is 8.83. The summed E-state index contributed by atoms with van der Waals surface area (Å²) in [6.45, 7) is 3.74. The summed E-state index contributed by atoms with van der Waals surface area (Å²) in [7, 11) is 0. The molecular weight excluding hydrogens is 403 g/mol. The van der Waals surface area contributed by atoms with Gasteiger partial charge in [0.05, 0.1) is 12.6 Å². The Bertz CT molecular complexity index is 1160. The molecule has 32 heavy (non-hydrogen) atoms.